The molecule has 1 rings (SSSR count). The molecule has 0 unspecified atom stereocenters. The molecule has 0 fully saturated rings. The van der Waals surface area contributed by atoms with Crippen LogP contribution in [0.1, 0.15) is 5.56 Å². The predicted molar refractivity (Wildman–Crippen MR) is 79.6 cm³/mol. The van der Waals surface area contributed by atoms with Crippen molar-refractivity contribution in [3.63, 3.8) is 0 Å². The highest BCUT2D eigenvalue weighted by molar-refractivity contribution is 9.10. The minimum Gasteiger partial charge on any atom is -0.423 e. The molecule has 0 aliphatic carbocycles. The summed E-state index contributed by atoms with van der Waals surface area (Å²) >= 11 is 3.14. The van der Waals surface area contributed by atoms with Crippen molar-refractivity contribution in [1.29, 1.82) is 0 Å². The highest BCUT2D eigenvalue weighted by Crippen LogP contribution is 2.18. The second-order valence-electron chi connectivity index (χ2n) is 3.95. The van der Waals surface area contributed by atoms with E-state index in [0.717, 1.165) is 0 Å². The van der Waals surface area contributed by atoms with E-state index < -0.39 is 0 Å². The lowest BCUT2D eigenvalue weighted by molar-refractivity contribution is 0.274. The number of hydrogen-bond donors (Lipinski definition) is 0. The fourth-order valence-corrected chi connectivity index (χ4v) is 1.54. The van der Waals surface area contributed by atoms with Crippen LogP contribution in [0.5, 0.6) is 0 Å². The monoisotopic (exact) mass is 326 g/mol. The van der Waals surface area contributed by atoms with E-state index >= 15 is 0 Å². The van der Waals surface area contributed by atoms with E-state index in [1.165, 1.54) is 6.07 Å². The Morgan fingerprint density at radius 2 is 2.21 bits per heavy atom. The van der Waals surface area contributed by atoms with Crippen LogP contribution in [0.4, 0.5) is 4.39 Å². The molecule has 0 amide bonds. The van der Waals surface area contributed by atoms with E-state index in [2.05, 4.69) is 34.1 Å². The summed E-state index contributed by atoms with van der Waals surface area (Å²) in [6.07, 6.45) is 1.65. The average Bonchev–Trinajstić information content (AvgIpc) is 2.37. The molecule has 0 bridgehead atoms. The zero-order valence-corrected chi connectivity index (χ0v) is 12.6. The van der Waals surface area contributed by atoms with E-state index in [-0.39, 0.29) is 5.82 Å². The van der Waals surface area contributed by atoms with Crippen molar-refractivity contribution >= 4 is 21.8 Å². The molecule has 102 valence electrons. The largest absolute Gasteiger partial charge is 0.423 e. The van der Waals surface area contributed by atoms with Gasteiger partial charge in [-0.3, -0.25) is 0 Å². The summed E-state index contributed by atoms with van der Waals surface area (Å²) in [5, 5.41) is 0. The fourth-order valence-electron chi connectivity index (χ4n) is 1.16. The van der Waals surface area contributed by atoms with Crippen LogP contribution >= 0.6 is 15.9 Å². The summed E-state index contributed by atoms with van der Waals surface area (Å²) in [7, 11) is 3.63. The van der Waals surface area contributed by atoms with E-state index in [4.69, 9.17) is 4.74 Å². The number of benzene rings is 1. The normalized spacial score (nSPS) is 11.1. The van der Waals surface area contributed by atoms with Gasteiger partial charge in [0, 0.05) is 19.7 Å². The van der Waals surface area contributed by atoms with Gasteiger partial charge >= 0.3 is 0 Å². The second kappa shape index (κ2) is 7.09. The molecular formula is C14H16BrFN2O. The van der Waals surface area contributed by atoms with E-state index in [1.54, 1.807) is 23.1 Å². The van der Waals surface area contributed by atoms with Crippen molar-refractivity contribution in [3.05, 3.63) is 59.2 Å². The van der Waals surface area contributed by atoms with Crippen LogP contribution in [0.2, 0.25) is 0 Å². The maximum Gasteiger partial charge on any atom is 0.224 e. The zero-order valence-electron chi connectivity index (χ0n) is 11.0. The Morgan fingerprint density at radius 1 is 1.53 bits per heavy atom. The molecule has 0 spiro atoms. The van der Waals surface area contributed by atoms with Crippen molar-refractivity contribution in [2.45, 2.75) is 0 Å². The zero-order chi connectivity index (χ0) is 14.4. The minimum atomic E-state index is -0.335. The SMILES string of the molecule is C=CC/N=C(\OC(=C)N(C)C)c1ccc(F)c(Br)c1. The third-order valence-corrected chi connectivity index (χ3v) is 2.85. The Balaban J connectivity index is 3.06. The van der Waals surface area contributed by atoms with Gasteiger partial charge in [0.2, 0.25) is 5.90 Å². The molecule has 5 heteroatoms. The molecule has 19 heavy (non-hydrogen) atoms. The van der Waals surface area contributed by atoms with Crippen LogP contribution in [-0.2, 0) is 4.74 Å². The van der Waals surface area contributed by atoms with Gasteiger partial charge < -0.3 is 9.64 Å². The summed E-state index contributed by atoms with van der Waals surface area (Å²) in [5.41, 5.74) is 0.665. The van der Waals surface area contributed by atoms with Gasteiger partial charge in [0.1, 0.15) is 5.82 Å². The molecule has 0 atom stereocenters. The molecular weight excluding hydrogens is 311 g/mol. The molecule has 0 radical (unpaired) electrons. The highest BCUT2D eigenvalue weighted by Gasteiger charge is 2.10. The molecule has 3 nitrogen and oxygen atoms in total. The van der Waals surface area contributed by atoms with Crippen LogP contribution < -0.4 is 0 Å². The van der Waals surface area contributed by atoms with Gasteiger partial charge in [0.05, 0.1) is 11.0 Å². The first-order valence-corrected chi connectivity index (χ1v) is 6.40. The third-order valence-electron chi connectivity index (χ3n) is 2.24. The van der Waals surface area contributed by atoms with Crippen LogP contribution in [0.3, 0.4) is 0 Å². The number of halogens is 2. The quantitative estimate of drug-likeness (QED) is 0.357. The summed E-state index contributed by atoms with van der Waals surface area (Å²) in [5.74, 6) is 0.487. The maximum atomic E-state index is 13.2. The van der Waals surface area contributed by atoms with Crippen molar-refractivity contribution in [2.75, 3.05) is 20.6 Å². The first kappa shape index (κ1) is 15.4. The van der Waals surface area contributed by atoms with Crippen LogP contribution in [0.15, 0.2) is 52.8 Å². The Labute approximate surface area is 121 Å². The van der Waals surface area contributed by atoms with Gasteiger partial charge in [-0.2, -0.15) is 0 Å². The molecule has 1 aromatic rings. The van der Waals surface area contributed by atoms with E-state index in [1.807, 2.05) is 14.1 Å². The average molecular weight is 327 g/mol. The van der Waals surface area contributed by atoms with Crippen LogP contribution in [0.25, 0.3) is 0 Å². The van der Waals surface area contributed by atoms with Gasteiger partial charge in [0.15, 0.2) is 5.88 Å². The van der Waals surface area contributed by atoms with Gasteiger partial charge in [-0.25, -0.2) is 9.38 Å². The minimum absolute atomic E-state index is 0.335. The third kappa shape index (κ3) is 4.52. The first-order valence-electron chi connectivity index (χ1n) is 5.60. The number of ether oxygens (including phenoxy) is 1. The molecule has 0 aliphatic heterocycles. The molecule has 0 aliphatic rings. The molecule has 1 aromatic carbocycles. The second-order valence-corrected chi connectivity index (χ2v) is 4.81. The number of aliphatic imine (C=N–C) groups is 1. The van der Waals surface area contributed by atoms with E-state index in [0.29, 0.717) is 28.4 Å². The summed E-state index contributed by atoms with van der Waals surface area (Å²) in [4.78, 5) is 5.98. The van der Waals surface area contributed by atoms with Gasteiger partial charge in [-0.15, -0.1) is 6.58 Å². The molecule has 0 heterocycles. The molecule has 0 saturated heterocycles. The fraction of sp³-hybridized carbons (Fsp3) is 0.214. The van der Waals surface area contributed by atoms with Gasteiger partial charge in [-0.1, -0.05) is 6.08 Å². The molecule has 0 saturated carbocycles. The Morgan fingerprint density at radius 3 is 2.74 bits per heavy atom. The first-order chi connectivity index (χ1) is 8.95. The standard InChI is InChI=1S/C14H16BrFN2O/c1-5-8-17-14(19-10(2)18(3)4)11-6-7-13(16)12(15)9-11/h5-7,9H,1-2,8H2,3-4H3/b17-14-. The Kier molecular flexibility index (Phi) is 5.76. The number of hydrogen-bond acceptors (Lipinski definition) is 3. The summed E-state index contributed by atoms with van der Waals surface area (Å²) < 4.78 is 19.2. The summed E-state index contributed by atoms with van der Waals surface area (Å²) in [6, 6.07) is 4.57. The van der Waals surface area contributed by atoms with E-state index in [9.17, 15) is 4.39 Å². The van der Waals surface area contributed by atoms with Crippen molar-refractivity contribution in [3.8, 4) is 0 Å². The number of rotatable bonds is 5. The lowest BCUT2D eigenvalue weighted by atomic mass is 10.2. The van der Waals surface area contributed by atoms with Crippen molar-refractivity contribution < 1.29 is 9.13 Å². The topological polar surface area (TPSA) is 24.8 Å². The Bertz CT molecular complexity index is 512. The van der Waals surface area contributed by atoms with Crippen molar-refractivity contribution in [1.82, 2.24) is 4.90 Å². The van der Waals surface area contributed by atoms with Crippen LogP contribution in [-0.4, -0.2) is 31.4 Å². The van der Waals surface area contributed by atoms with Gasteiger partial charge in [-0.05, 0) is 40.7 Å². The predicted octanol–water partition coefficient (Wildman–Crippen LogP) is 3.57. The lowest BCUT2D eigenvalue weighted by Gasteiger charge is -2.17. The van der Waals surface area contributed by atoms with Crippen molar-refractivity contribution in [2.24, 2.45) is 4.99 Å². The Hall–Kier alpha value is -1.62. The highest BCUT2D eigenvalue weighted by atomic mass is 79.9. The van der Waals surface area contributed by atoms with Crippen LogP contribution in [0, 0.1) is 5.82 Å². The smallest absolute Gasteiger partial charge is 0.224 e. The summed E-state index contributed by atoms with van der Waals surface area (Å²) in [6.45, 7) is 7.79. The maximum absolute atomic E-state index is 13.2. The van der Waals surface area contributed by atoms with Gasteiger partial charge in [0.25, 0.3) is 0 Å². The lowest BCUT2D eigenvalue weighted by Crippen LogP contribution is -2.17. The number of nitrogens with zero attached hydrogens (tertiary/aromatic N) is 2. The molecule has 0 N–H and O–H groups in total. The molecule has 0 aromatic heterocycles.